The number of rotatable bonds is 8. The zero-order valence-electron chi connectivity index (χ0n) is 17.0. The van der Waals surface area contributed by atoms with E-state index in [2.05, 4.69) is 15.6 Å². The van der Waals surface area contributed by atoms with Crippen molar-refractivity contribution in [2.45, 2.75) is 43.9 Å². The molecule has 2 rings (SSSR count). The van der Waals surface area contributed by atoms with E-state index < -0.39 is 78.7 Å². The van der Waals surface area contributed by atoms with Crippen molar-refractivity contribution in [3.63, 3.8) is 0 Å². The number of ether oxygens (including phenoxy) is 1. The number of carbonyl (C=O) groups is 2. The quantitative estimate of drug-likeness (QED) is 0.168. The maximum absolute atomic E-state index is 13.8. The molecule has 5 atom stereocenters. The molecule has 1 aliphatic heterocycles. The number of amides is 2. The van der Waals surface area contributed by atoms with E-state index in [1.165, 1.54) is 19.1 Å². The molecule has 1 aromatic rings. The smallest absolute Gasteiger partial charge is 0.286 e. The highest BCUT2D eigenvalue weighted by Gasteiger charge is 2.43. The van der Waals surface area contributed by atoms with Gasteiger partial charge in [0.15, 0.2) is 23.4 Å². The zero-order chi connectivity index (χ0) is 24.0. The van der Waals surface area contributed by atoms with Crippen LogP contribution in [0.4, 0.5) is 8.78 Å². The molecule has 0 fully saturated rings. The molecule has 176 valence electrons. The van der Waals surface area contributed by atoms with E-state index in [-0.39, 0.29) is 5.56 Å². The number of hydrogen-bond donors (Lipinski definition) is 7. The zero-order valence-corrected chi connectivity index (χ0v) is 17.0. The van der Waals surface area contributed by atoms with Gasteiger partial charge in [0.05, 0.1) is 18.7 Å². The number of nitrogens with zero attached hydrogens (tertiary/aromatic N) is 1. The summed E-state index contributed by atoms with van der Waals surface area (Å²) >= 11 is 0. The molecule has 9 N–H and O–H groups in total. The molecule has 1 aromatic carbocycles. The van der Waals surface area contributed by atoms with Gasteiger partial charge in [-0.15, -0.1) is 0 Å². The van der Waals surface area contributed by atoms with Gasteiger partial charge in [-0.25, -0.2) is 13.8 Å². The number of carbonyl (C=O) groups excluding carboxylic acids is 2. The van der Waals surface area contributed by atoms with Crippen molar-refractivity contribution >= 4 is 17.8 Å². The van der Waals surface area contributed by atoms with Gasteiger partial charge in [0.25, 0.3) is 5.91 Å². The third-order valence-electron chi connectivity index (χ3n) is 4.59. The summed E-state index contributed by atoms with van der Waals surface area (Å²) in [6.45, 7) is -0.0550. The molecule has 1 heterocycles. The number of hydrogen-bond acceptors (Lipinski definition) is 7. The Morgan fingerprint density at radius 1 is 1.28 bits per heavy atom. The van der Waals surface area contributed by atoms with Crippen LogP contribution in [0.1, 0.15) is 12.5 Å². The molecule has 0 spiro atoms. The van der Waals surface area contributed by atoms with Gasteiger partial charge in [-0.1, -0.05) is 12.1 Å². The first-order chi connectivity index (χ1) is 15.0. The van der Waals surface area contributed by atoms with E-state index in [0.717, 1.165) is 12.1 Å². The second-order valence-corrected chi connectivity index (χ2v) is 7.02. The van der Waals surface area contributed by atoms with E-state index in [1.807, 2.05) is 0 Å². The van der Waals surface area contributed by atoms with Gasteiger partial charge in [0.2, 0.25) is 5.91 Å². The number of guanidine groups is 1. The van der Waals surface area contributed by atoms with Crippen LogP contribution in [-0.2, 0) is 20.9 Å². The van der Waals surface area contributed by atoms with Gasteiger partial charge in [-0.2, -0.15) is 0 Å². The Labute approximate surface area is 181 Å². The molecule has 0 bridgehead atoms. The predicted octanol–water partition coefficient (Wildman–Crippen LogP) is -2.28. The monoisotopic (exact) mass is 457 g/mol. The van der Waals surface area contributed by atoms with Crippen molar-refractivity contribution < 1.29 is 38.4 Å². The topological polar surface area (TPSA) is 193 Å². The summed E-state index contributed by atoms with van der Waals surface area (Å²) in [6.07, 6.45) is -3.73. The average molecular weight is 457 g/mol. The molecular formula is C19H25F2N5O6. The summed E-state index contributed by atoms with van der Waals surface area (Å²) in [5.74, 6) is -4.46. The summed E-state index contributed by atoms with van der Waals surface area (Å²) in [5, 5.41) is 34.2. The highest BCUT2D eigenvalue weighted by Crippen LogP contribution is 2.25. The Bertz CT molecular complexity index is 908. The lowest BCUT2D eigenvalue weighted by Gasteiger charge is -2.39. The second-order valence-electron chi connectivity index (χ2n) is 7.02. The summed E-state index contributed by atoms with van der Waals surface area (Å²) in [5.41, 5.74) is 10.7. The molecule has 32 heavy (non-hydrogen) atoms. The van der Waals surface area contributed by atoms with E-state index in [1.54, 1.807) is 0 Å². The Balaban J connectivity index is 2.34. The van der Waals surface area contributed by atoms with Crippen LogP contribution >= 0.6 is 0 Å². The van der Waals surface area contributed by atoms with Crippen molar-refractivity contribution in [2.24, 2.45) is 16.5 Å². The molecule has 0 unspecified atom stereocenters. The average Bonchev–Trinajstić information content (AvgIpc) is 2.73. The van der Waals surface area contributed by atoms with Crippen molar-refractivity contribution in [3.8, 4) is 0 Å². The van der Waals surface area contributed by atoms with Gasteiger partial charge in [-0.3, -0.25) is 9.59 Å². The lowest BCUT2D eigenvalue weighted by Crippen LogP contribution is -2.60. The van der Waals surface area contributed by atoms with Crippen LogP contribution < -0.4 is 22.1 Å². The summed E-state index contributed by atoms with van der Waals surface area (Å²) in [4.78, 5) is 28.2. The Kier molecular flexibility index (Phi) is 8.46. The van der Waals surface area contributed by atoms with Gasteiger partial charge in [0, 0.05) is 19.0 Å². The van der Waals surface area contributed by atoms with Crippen LogP contribution in [0.5, 0.6) is 0 Å². The summed E-state index contributed by atoms with van der Waals surface area (Å²) in [6, 6.07) is 1.24. The Hall–Kier alpha value is -3.29. The largest absolute Gasteiger partial charge is 0.480 e. The third kappa shape index (κ3) is 6.12. The molecule has 13 heteroatoms. The van der Waals surface area contributed by atoms with E-state index in [9.17, 15) is 28.6 Å². The summed E-state index contributed by atoms with van der Waals surface area (Å²) < 4.78 is 32.7. The first kappa shape index (κ1) is 25.0. The van der Waals surface area contributed by atoms with Gasteiger partial charge in [-0.05, 0) is 12.1 Å². The minimum Gasteiger partial charge on any atom is -0.480 e. The van der Waals surface area contributed by atoms with Gasteiger partial charge >= 0.3 is 0 Å². The minimum absolute atomic E-state index is 0.126. The standard InChI is InChI=1S/C19H25F2N5O6/c1-8(28)25-15-11(26-19(22)23)5-13(32-17(15)16(30)12(29)7-27)18(31)24-6-9-3-2-4-10(20)14(9)21/h2-5,11-12,15-17,27,29-30H,6-7H2,1H3,(H,24,31)(H,25,28)(H4,22,23,26)/t11-,12+,15+,16+,17+/m0/s1. The Morgan fingerprint density at radius 3 is 2.56 bits per heavy atom. The van der Waals surface area contributed by atoms with Crippen LogP contribution in [0.15, 0.2) is 35.0 Å². The molecule has 0 saturated heterocycles. The SMILES string of the molecule is CC(=O)N[C@H]1[C@H]([C@H](O)[C@H](O)CO)OC(C(=O)NCc2cccc(F)c2F)=C[C@@H]1N=C(N)N. The van der Waals surface area contributed by atoms with Crippen molar-refractivity contribution in [3.05, 3.63) is 47.2 Å². The number of benzene rings is 1. The van der Waals surface area contributed by atoms with Gasteiger partial charge < -0.3 is 42.2 Å². The van der Waals surface area contributed by atoms with E-state index in [0.29, 0.717) is 0 Å². The molecule has 0 aromatic heterocycles. The summed E-state index contributed by atoms with van der Waals surface area (Å²) in [7, 11) is 0. The lowest BCUT2D eigenvalue weighted by molar-refractivity contribution is -0.134. The fraction of sp³-hybridized carbons (Fsp3) is 0.421. The van der Waals surface area contributed by atoms with Crippen LogP contribution in [-0.4, -0.2) is 70.1 Å². The number of nitrogens with two attached hydrogens (primary N) is 2. The fourth-order valence-corrected chi connectivity index (χ4v) is 3.09. The molecule has 0 radical (unpaired) electrons. The van der Waals surface area contributed by atoms with Crippen LogP contribution in [0.2, 0.25) is 0 Å². The Morgan fingerprint density at radius 2 is 1.97 bits per heavy atom. The number of aliphatic imine (C=N–C) groups is 1. The lowest BCUT2D eigenvalue weighted by atomic mass is 9.92. The van der Waals surface area contributed by atoms with Crippen LogP contribution in [0.25, 0.3) is 0 Å². The maximum atomic E-state index is 13.8. The van der Waals surface area contributed by atoms with Crippen molar-refractivity contribution in [1.29, 1.82) is 0 Å². The number of halogens is 2. The normalized spacial score (nSPS) is 22.1. The molecular weight excluding hydrogens is 432 g/mol. The number of nitrogens with one attached hydrogen (secondary N) is 2. The fourth-order valence-electron chi connectivity index (χ4n) is 3.09. The van der Waals surface area contributed by atoms with Gasteiger partial charge in [0.1, 0.15) is 18.3 Å². The molecule has 11 nitrogen and oxygen atoms in total. The number of aliphatic hydroxyl groups is 3. The minimum atomic E-state index is -1.76. The first-order valence-electron chi connectivity index (χ1n) is 9.47. The highest BCUT2D eigenvalue weighted by atomic mass is 19.2. The molecule has 2 amide bonds. The maximum Gasteiger partial charge on any atom is 0.286 e. The highest BCUT2D eigenvalue weighted by molar-refractivity contribution is 5.92. The molecule has 0 saturated carbocycles. The number of aliphatic hydroxyl groups excluding tert-OH is 3. The van der Waals surface area contributed by atoms with Crippen LogP contribution in [0, 0.1) is 11.6 Å². The first-order valence-corrected chi connectivity index (χ1v) is 9.47. The second kappa shape index (κ2) is 10.8. The van der Waals surface area contributed by atoms with Crippen molar-refractivity contribution in [1.82, 2.24) is 10.6 Å². The molecule has 1 aliphatic rings. The third-order valence-corrected chi connectivity index (χ3v) is 4.59. The van der Waals surface area contributed by atoms with Crippen LogP contribution in [0.3, 0.4) is 0 Å². The molecule has 0 aliphatic carbocycles. The van der Waals surface area contributed by atoms with E-state index >= 15 is 0 Å². The predicted molar refractivity (Wildman–Crippen MR) is 107 cm³/mol. The van der Waals surface area contributed by atoms with Crippen molar-refractivity contribution in [2.75, 3.05) is 6.61 Å². The van der Waals surface area contributed by atoms with E-state index in [4.69, 9.17) is 21.3 Å².